The summed E-state index contributed by atoms with van der Waals surface area (Å²) in [6.45, 7) is 3.49. The van der Waals surface area contributed by atoms with Gasteiger partial charge in [0, 0.05) is 35.4 Å². The lowest BCUT2D eigenvalue weighted by Gasteiger charge is -2.33. The zero-order valence-electron chi connectivity index (χ0n) is 18.8. The molecule has 0 atom stereocenters. The Balaban J connectivity index is 1.65. The fourth-order valence-electron chi connectivity index (χ4n) is 3.98. The fraction of sp³-hybridized carbons (Fsp3) is 0.304. The molecule has 1 heterocycles. The highest BCUT2D eigenvalue weighted by Crippen LogP contribution is 2.60. The molecule has 0 aliphatic carbocycles. The number of amides is 1. The highest BCUT2D eigenvalue weighted by molar-refractivity contribution is 7.53. The summed E-state index contributed by atoms with van der Waals surface area (Å²) in [7, 11) is -4.38. The van der Waals surface area contributed by atoms with Gasteiger partial charge in [0.2, 0.25) is 5.91 Å². The standard InChI is InChI=1S/C23H26N3O7P/c1-3-23(4-2,34(30,31)32)18-8-10-19(11-9-18)25-21(27)14-7-17-15-24-33-22(17)16-5-12-20(13-6-16)26(28)29/h5-6,8-13,15H,3-4,7,14H2,1-2H3,(H,25,27)(H2,30,31,32). The van der Waals surface area contributed by atoms with Gasteiger partial charge < -0.3 is 19.6 Å². The lowest BCUT2D eigenvalue weighted by atomic mass is 9.92. The van der Waals surface area contributed by atoms with Crippen molar-refractivity contribution in [3.63, 3.8) is 0 Å². The van der Waals surface area contributed by atoms with Crippen LogP contribution in [-0.4, -0.2) is 25.8 Å². The van der Waals surface area contributed by atoms with Crippen molar-refractivity contribution in [3.05, 3.63) is 76.0 Å². The van der Waals surface area contributed by atoms with Gasteiger partial charge >= 0.3 is 7.60 Å². The van der Waals surface area contributed by atoms with Gasteiger partial charge in [0.25, 0.3) is 5.69 Å². The molecule has 0 saturated carbocycles. The summed E-state index contributed by atoms with van der Waals surface area (Å²) in [6, 6.07) is 12.4. The number of aryl methyl sites for hydroxylation is 1. The van der Waals surface area contributed by atoms with Crippen molar-refractivity contribution in [1.29, 1.82) is 0 Å². The Hall–Kier alpha value is -3.33. The van der Waals surface area contributed by atoms with Crippen LogP contribution >= 0.6 is 7.60 Å². The van der Waals surface area contributed by atoms with Crippen LogP contribution in [0.1, 0.15) is 44.2 Å². The third-order valence-electron chi connectivity index (χ3n) is 6.04. The van der Waals surface area contributed by atoms with E-state index >= 15 is 0 Å². The predicted octanol–water partition coefficient (Wildman–Crippen LogP) is 5.01. The number of nitro groups is 1. The summed E-state index contributed by atoms with van der Waals surface area (Å²) < 4.78 is 17.4. The Bertz CT molecular complexity index is 1200. The van der Waals surface area contributed by atoms with E-state index in [0.29, 0.717) is 34.6 Å². The lowest BCUT2D eigenvalue weighted by Crippen LogP contribution is -2.24. The van der Waals surface area contributed by atoms with Crippen molar-refractivity contribution in [2.24, 2.45) is 0 Å². The molecule has 180 valence electrons. The highest BCUT2D eigenvalue weighted by atomic mass is 31.2. The number of nitrogens with one attached hydrogen (secondary N) is 1. The van der Waals surface area contributed by atoms with Gasteiger partial charge in [-0.2, -0.15) is 0 Å². The Morgan fingerprint density at radius 1 is 1.12 bits per heavy atom. The zero-order valence-corrected chi connectivity index (χ0v) is 19.7. The van der Waals surface area contributed by atoms with E-state index < -0.39 is 17.7 Å². The van der Waals surface area contributed by atoms with Gasteiger partial charge in [0.1, 0.15) is 0 Å². The SMILES string of the molecule is CCC(CC)(c1ccc(NC(=O)CCc2cnoc2-c2ccc([N+](=O)[O-])cc2)cc1)P(=O)(O)O. The van der Waals surface area contributed by atoms with Crippen molar-refractivity contribution < 1.29 is 28.6 Å². The van der Waals surface area contributed by atoms with Gasteiger partial charge in [-0.25, -0.2) is 0 Å². The molecular weight excluding hydrogens is 461 g/mol. The third kappa shape index (κ3) is 5.25. The molecule has 1 aromatic heterocycles. The first-order chi connectivity index (χ1) is 16.1. The van der Waals surface area contributed by atoms with E-state index in [4.69, 9.17) is 4.52 Å². The average Bonchev–Trinajstić information content (AvgIpc) is 3.28. The van der Waals surface area contributed by atoms with Gasteiger partial charge in [-0.15, -0.1) is 0 Å². The zero-order chi connectivity index (χ0) is 24.9. The summed E-state index contributed by atoms with van der Waals surface area (Å²) in [6.07, 6.45) is 2.56. The van der Waals surface area contributed by atoms with E-state index in [1.54, 1.807) is 50.2 Å². The quantitative estimate of drug-likeness (QED) is 0.205. The largest absolute Gasteiger partial charge is 0.356 e. The molecule has 34 heavy (non-hydrogen) atoms. The van der Waals surface area contributed by atoms with E-state index in [9.17, 15) is 29.3 Å². The van der Waals surface area contributed by atoms with E-state index in [2.05, 4.69) is 10.5 Å². The van der Waals surface area contributed by atoms with Gasteiger partial charge in [0.15, 0.2) is 5.76 Å². The maximum Gasteiger partial charge on any atom is 0.335 e. The minimum Gasteiger partial charge on any atom is -0.356 e. The molecule has 11 heteroatoms. The maximum absolute atomic E-state index is 12.5. The van der Waals surface area contributed by atoms with Crippen molar-refractivity contribution in [1.82, 2.24) is 5.16 Å². The molecule has 10 nitrogen and oxygen atoms in total. The van der Waals surface area contributed by atoms with E-state index in [1.165, 1.54) is 18.3 Å². The minimum atomic E-state index is -4.38. The van der Waals surface area contributed by atoms with Crippen LogP contribution in [0.3, 0.4) is 0 Å². The van der Waals surface area contributed by atoms with E-state index in [0.717, 1.165) is 0 Å². The van der Waals surface area contributed by atoms with Crippen LogP contribution in [0.15, 0.2) is 59.3 Å². The number of nitro benzene ring substituents is 1. The van der Waals surface area contributed by atoms with Gasteiger partial charge in [-0.1, -0.05) is 31.1 Å². The topological polar surface area (TPSA) is 156 Å². The first kappa shape index (κ1) is 25.3. The van der Waals surface area contributed by atoms with Gasteiger partial charge in [-0.3, -0.25) is 19.5 Å². The molecule has 0 spiro atoms. The number of hydrogen-bond donors (Lipinski definition) is 3. The second-order valence-corrected chi connectivity index (χ2v) is 9.84. The van der Waals surface area contributed by atoms with Crippen molar-refractivity contribution in [2.45, 2.75) is 44.7 Å². The fourth-order valence-corrected chi connectivity index (χ4v) is 5.29. The van der Waals surface area contributed by atoms with Crippen molar-refractivity contribution in [2.75, 3.05) is 5.32 Å². The molecule has 0 aliphatic rings. The number of rotatable bonds is 10. The average molecular weight is 487 g/mol. The molecule has 3 N–H and O–H groups in total. The van der Waals surface area contributed by atoms with E-state index in [1.807, 2.05) is 0 Å². The molecule has 1 amide bonds. The molecule has 0 aliphatic heterocycles. The van der Waals surface area contributed by atoms with E-state index in [-0.39, 0.29) is 30.9 Å². The number of non-ortho nitro benzene ring substituents is 1. The smallest absolute Gasteiger partial charge is 0.335 e. The van der Waals surface area contributed by atoms with Crippen LogP contribution in [0.5, 0.6) is 0 Å². The summed E-state index contributed by atoms with van der Waals surface area (Å²) in [5.41, 5.74) is 2.32. The summed E-state index contributed by atoms with van der Waals surface area (Å²) in [5, 5.41) is 16.1. The van der Waals surface area contributed by atoms with Crippen LogP contribution in [0.2, 0.25) is 0 Å². The molecule has 0 radical (unpaired) electrons. The first-order valence-electron chi connectivity index (χ1n) is 10.8. The minimum absolute atomic E-state index is 0.0360. The normalized spacial score (nSPS) is 11.9. The molecule has 0 fully saturated rings. The predicted molar refractivity (Wildman–Crippen MR) is 126 cm³/mol. The number of benzene rings is 2. The number of nitrogens with zero attached hydrogens (tertiary/aromatic N) is 2. The molecular formula is C23H26N3O7P. The van der Waals surface area contributed by atoms with Crippen molar-refractivity contribution in [3.8, 4) is 11.3 Å². The lowest BCUT2D eigenvalue weighted by molar-refractivity contribution is -0.384. The summed E-state index contributed by atoms with van der Waals surface area (Å²) in [5.74, 6) is 0.191. The van der Waals surface area contributed by atoms with Crippen LogP contribution in [0.4, 0.5) is 11.4 Å². The number of anilines is 1. The second-order valence-electron chi connectivity index (χ2n) is 7.89. The van der Waals surface area contributed by atoms with Gasteiger partial charge in [0.05, 0.1) is 16.3 Å². The molecule has 0 unspecified atom stereocenters. The second kappa shape index (κ2) is 10.3. The third-order valence-corrected chi connectivity index (χ3v) is 8.05. The summed E-state index contributed by atoms with van der Waals surface area (Å²) in [4.78, 5) is 42.6. The van der Waals surface area contributed by atoms with Crippen LogP contribution in [0, 0.1) is 10.1 Å². The maximum atomic E-state index is 12.5. The Kier molecular flexibility index (Phi) is 7.66. The van der Waals surface area contributed by atoms with Crippen LogP contribution in [0.25, 0.3) is 11.3 Å². The van der Waals surface area contributed by atoms with Crippen molar-refractivity contribution >= 4 is 24.9 Å². The summed E-state index contributed by atoms with van der Waals surface area (Å²) >= 11 is 0. The van der Waals surface area contributed by atoms with Crippen LogP contribution < -0.4 is 5.32 Å². The molecule has 0 saturated heterocycles. The Morgan fingerprint density at radius 3 is 2.26 bits per heavy atom. The number of aromatic nitrogens is 1. The molecule has 3 aromatic rings. The van der Waals surface area contributed by atoms with Crippen LogP contribution in [-0.2, 0) is 20.9 Å². The number of carbonyl (C=O) groups excluding carboxylic acids is 1. The molecule has 2 aromatic carbocycles. The molecule has 3 rings (SSSR count). The molecule has 0 bridgehead atoms. The number of carbonyl (C=O) groups is 1. The Labute approximate surface area is 196 Å². The Morgan fingerprint density at radius 2 is 1.74 bits per heavy atom. The first-order valence-corrected chi connectivity index (χ1v) is 12.4. The monoisotopic (exact) mass is 487 g/mol. The number of hydrogen-bond acceptors (Lipinski definition) is 6. The highest BCUT2D eigenvalue weighted by Gasteiger charge is 2.45. The van der Waals surface area contributed by atoms with Gasteiger partial charge in [-0.05, 0) is 49.1 Å².